The first-order valence-corrected chi connectivity index (χ1v) is 6.35. The van der Waals surface area contributed by atoms with E-state index < -0.39 is 0 Å². The van der Waals surface area contributed by atoms with Crippen molar-refractivity contribution in [1.82, 2.24) is 9.47 Å². The summed E-state index contributed by atoms with van der Waals surface area (Å²) in [6.45, 7) is 3.65. The number of carbonyl (C=O) groups is 1. The average Bonchev–Trinajstić information content (AvgIpc) is 2.86. The van der Waals surface area contributed by atoms with Gasteiger partial charge in [0.25, 0.3) is 5.91 Å². The average molecular weight is 236 g/mol. The molecule has 1 aromatic rings. The number of aromatic nitrogens is 1. The molecule has 1 saturated heterocycles. The summed E-state index contributed by atoms with van der Waals surface area (Å²) in [5.41, 5.74) is 0.729. The van der Waals surface area contributed by atoms with E-state index >= 15 is 0 Å². The van der Waals surface area contributed by atoms with E-state index in [-0.39, 0.29) is 18.6 Å². The van der Waals surface area contributed by atoms with Gasteiger partial charge in [0, 0.05) is 19.3 Å². The number of aliphatic hydroxyl groups is 1. The van der Waals surface area contributed by atoms with Crippen LogP contribution in [0.25, 0.3) is 0 Å². The fourth-order valence-corrected chi connectivity index (χ4v) is 2.49. The molecule has 1 aliphatic heterocycles. The van der Waals surface area contributed by atoms with Crippen molar-refractivity contribution in [2.45, 2.75) is 38.8 Å². The van der Waals surface area contributed by atoms with Gasteiger partial charge in [-0.15, -0.1) is 0 Å². The van der Waals surface area contributed by atoms with Crippen LogP contribution in [0.15, 0.2) is 18.3 Å². The van der Waals surface area contributed by atoms with Gasteiger partial charge in [0.05, 0.1) is 12.6 Å². The monoisotopic (exact) mass is 236 g/mol. The van der Waals surface area contributed by atoms with Gasteiger partial charge in [0.2, 0.25) is 0 Å². The first-order valence-electron chi connectivity index (χ1n) is 6.35. The van der Waals surface area contributed by atoms with Gasteiger partial charge < -0.3 is 14.6 Å². The summed E-state index contributed by atoms with van der Waals surface area (Å²) in [6.07, 6.45) is 4.97. The van der Waals surface area contributed by atoms with Crippen molar-refractivity contribution >= 4 is 5.91 Å². The van der Waals surface area contributed by atoms with Gasteiger partial charge in [0.1, 0.15) is 5.69 Å². The number of hydrogen-bond donors (Lipinski definition) is 1. The quantitative estimate of drug-likeness (QED) is 0.864. The minimum Gasteiger partial charge on any atom is -0.394 e. The summed E-state index contributed by atoms with van der Waals surface area (Å²) in [5, 5.41) is 9.33. The molecule has 0 aliphatic carbocycles. The van der Waals surface area contributed by atoms with Crippen molar-refractivity contribution in [2.24, 2.45) is 0 Å². The van der Waals surface area contributed by atoms with Crippen LogP contribution in [0.1, 0.15) is 36.7 Å². The Morgan fingerprint density at radius 3 is 3.06 bits per heavy atom. The molecule has 1 N–H and O–H groups in total. The van der Waals surface area contributed by atoms with Crippen LogP contribution in [-0.4, -0.2) is 39.7 Å². The Bertz CT molecular complexity index is 387. The summed E-state index contributed by atoms with van der Waals surface area (Å²) in [5.74, 6) is 0.0515. The van der Waals surface area contributed by atoms with E-state index in [1.807, 2.05) is 34.7 Å². The first-order chi connectivity index (χ1) is 8.27. The van der Waals surface area contributed by atoms with Crippen molar-refractivity contribution in [3.63, 3.8) is 0 Å². The highest BCUT2D eigenvalue weighted by Gasteiger charge is 2.27. The standard InChI is InChI=1S/C13H20N2O2/c1-2-14-8-5-7-12(14)13(17)15-9-4-3-6-11(15)10-16/h5,7-8,11,16H,2-4,6,9-10H2,1H3. The normalized spacial score (nSPS) is 20.6. The van der Waals surface area contributed by atoms with E-state index in [0.717, 1.165) is 38.0 Å². The molecule has 1 amide bonds. The fourth-order valence-electron chi connectivity index (χ4n) is 2.49. The van der Waals surface area contributed by atoms with Crippen LogP contribution in [0, 0.1) is 0 Å². The highest BCUT2D eigenvalue weighted by Crippen LogP contribution is 2.19. The second kappa shape index (κ2) is 5.36. The molecule has 1 atom stereocenters. The van der Waals surface area contributed by atoms with Crippen LogP contribution >= 0.6 is 0 Å². The van der Waals surface area contributed by atoms with Crippen molar-refractivity contribution < 1.29 is 9.90 Å². The van der Waals surface area contributed by atoms with Crippen LogP contribution in [-0.2, 0) is 6.54 Å². The van der Waals surface area contributed by atoms with E-state index in [9.17, 15) is 9.90 Å². The number of rotatable bonds is 3. The Labute approximate surface area is 102 Å². The highest BCUT2D eigenvalue weighted by molar-refractivity contribution is 5.93. The zero-order valence-corrected chi connectivity index (χ0v) is 10.3. The highest BCUT2D eigenvalue weighted by atomic mass is 16.3. The van der Waals surface area contributed by atoms with Crippen LogP contribution in [0.4, 0.5) is 0 Å². The molecule has 1 aliphatic rings. The molecule has 0 radical (unpaired) electrons. The smallest absolute Gasteiger partial charge is 0.270 e. The zero-order chi connectivity index (χ0) is 12.3. The number of amides is 1. The Balaban J connectivity index is 2.18. The second-order valence-corrected chi connectivity index (χ2v) is 4.51. The third kappa shape index (κ3) is 2.36. The maximum Gasteiger partial charge on any atom is 0.270 e. The molecule has 2 heterocycles. The first kappa shape index (κ1) is 12.2. The largest absolute Gasteiger partial charge is 0.394 e. The summed E-state index contributed by atoms with van der Waals surface area (Å²) in [6, 6.07) is 3.75. The van der Waals surface area contributed by atoms with Crippen LogP contribution < -0.4 is 0 Å². The second-order valence-electron chi connectivity index (χ2n) is 4.51. The van der Waals surface area contributed by atoms with Crippen molar-refractivity contribution in [1.29, 1.82) is 0 Å². The van der Waals surface area contributed by atoms with E-state index in [4.69, 9.17) is 0 Å². The maximum atomic E-state index is 12.4. The summed E-state index contributed by atoms with van der Waals surface area (Å²) in [4.78, 5) is 14.2. The lowest BCUT2D eigenvalue weighted by Gasteiger charge is -2.34. The molecule has 4 nitrogen and oxygen atoms in total. The molecule has 2 rings (SSSR count). The van der Waals surface area contributed by atoms with Crippen LogP contribution in [0.3, 0.4) is 0 Å². The van der Waals surface area contributed by atoms with E-state index in [1.54, 1.807) is 0 Å². The Kier molecular flexibility index (Phi) is 3.84. The molecule has 0 spiro atoms. The van der Waals surface area contributed by atoms with E-state index in [2.05, 4.69) is 0 Å². The molecule has 0 aromatic carbocycles. The predicted molar refractivity (Wildman–Crippen MR) is 65.9 cm³/mol. The van der Waals surface area contributed by atoms with Crippen LogP contribution in [0.5, 0.6) is 0 Å². The third-order valence-electron chi connectivity index (χ3n) is 3.49. The van der Waals surface area contributed by atoms with Gasteiger partial charge >= 0.3 is 0 Å². The molecule has 0 saturated carbocycles. The molecule has 94 valence electrons. The minimum absolute atomic E-state index is 0.00328. The minimum atomic E-state index is -0.00328. The molecule has 0 bridgehead atoms. The number of aliphatic hydroxyl groups excluding tert-OH is 1. The van der Waals surface area contributed by atoms with Gasteiger partial charge in [-0.25, -0.2) is 0 Å². The lowest BCUT2D eigenvalue weighted by molar-refractivity contribution is 0.0493. The zero-order valence-electron chi connectivity index (χ0n) is 10.3. The summed E-state index contributed by atoms with van der Waals surface area (Å²) < 4.78 is 1.95. The number of hydrogen-bond acceptors (Lipinski definition) is 2. The van der Waals surface area contributed by atoms with Crippen molar-refractivity contribution in [3.8, 4) is 0 Å². The number of aryl methyl sites for hydroxylation is 1. The number of piperidine rings is 1. The Morgan fingerprint density at radius 2 is 2.35 bits per heavy atom. The number of nitrogens with zero attached hydrogens (tertiary/aromatic N) is 2. The van der Waals surface area contributed by atoms with Gasteiger partial charge in [-0.3, -0.25) is 4.79 Å². The Hall–Kier alpha value is -1.29. The molecular weight excluding hydrogens is 216 g/mol. The third-order valence-corrected chi connectivity index (χ3v) is 3.49. The summed E-state index contributed by atoms with van der Waals surface area (Å²) in [7, 11) is 0. The molecule has 1 unspecified atom stereocenters. The molecule has 17 heavy (non-hydrogen) atoms. The SMILES string of the molecule is CCn1cccc1C(=O)N1CCCCC1CO. The van der Waals surface area contributed by atoms with Crippen LogP contribution in [0.2, 0.25) is 0 Å². The van der Waals surface area contributed by atoms with Gasteiger partial charge in [-0.2, -0.15) is 0 Å². The molecule has 4 heteroatoms. The summed E-state index contributed by atoms with van der Waals surface area (Å²) >= 11 is 0. The predicted octanol–water partition coefficient (Wildman–Crippen LogP) is 1.50. The molecule has 1 aromatic heterocycles. The lowest BCUT2D eigenvalue weighted by Crippen LogP contribution is -2.46. The molecule has 1 fully saturated rings. The maximum absolute atomic E-state index is 12.4. The van der Waals surface area contributed by atoms with E-state index in [0.29, 0.717) is 0 Å². The fraction of sp³-hybridized carbons (Fsp3) is 0.615. The van der Waals surface area contributed by atoms with E-state index in [1.165, 1.54) is 0 Å². The number of carbonyl (C=O) groups excluding carboxylic acids is 1. The lowest BCUT2D eigenvalue weighted by atomic mass is 10.0. The topological polar surface area (TPSA) is 45.5 Å². The van der Waals surface area contributed by atoms with Gasteiger partial charge in [-0.05, 0) is 38.3 Å². The van der Waals surface area contributed by atoms with Crippen molar-refractivity contribution in [2.75, 3.05) is 13.2 Å². The van der Waals surface area contributed by atoms with Gasteiger partial charge in [-0.1, -0.05) is 0 Å². The van der Waals surface area contributed by atoms with Gasteiger partial charge in [0.15, 0.2) is 0 Å². The Morgan fingerprint density at radius 1 is 1.53 bits per heavy atom. The molecular formula is C13H20N2O2. The number of likely N-dealkylation sites (tertiary alicyclic amines) is 1. The van der Waals surface area contributed by atoms with Crippen molar-refractivity contribution in [3.05, 3.63) is 24.0 Å².